The van der Waals surface area contributed by atoms with E-state index in [1.54, 1.807) is 0 Å². The summed E-state index contributed by atoms with van der Waals surface area (Å²) in [6.07, 6.45) is 4.32. The summed E-state index contributed by atoms with van der Waals surface area (Å²) in [6, 6.07) is 18.1. The quantitative estimate of drug-likeness (QED) is 0.769. The molecule has 5 heteroatoms. The van der Waals surface area contributed by atoms with Crippen molar-refractivity contribution in [2.75, 3.05) is 32.8 Å². The van der Waals surface area contributed by atoms with Gasteiger partial charge in [0.1, 0.15) is 11.9 Å². The maximum absolute atomic E-state index is 12.3. The minimum Gasteiger partial charge on any atom is -0.490 e. The van der Waals surface area contributed by atoms with Gasteiger partial charge in [-0.25, -0.2) is 5.06 Å². The van der Waals surface area contributed by atoms with Crippen molar-refractivity contribution in [2.24, 2.45) is 0 Å². The number of carbonyl (C=O) groups is 1. The van der Waals surface area contributed by atoms with Crippen LogP contribution in [0.2, 0.25) is 0 Å². The van der Waals surface area contributed by atoms with Crippen molar-refractivity contribution < 1.29 is 14.4 Å². The first kappa shape index (κ1) is 19.0. The Labute approximate surface area is 166 Å². The molecule has 0 N–H and O–H groups in total. The highest BCUT2D eigenvalue weighted by atomic mass is 16.7. The van der Waals surface area contributed by atoms with Crippen LogP contribution in [0.4, 0.5) is 0 Å². The van der Waals surface area contributed by atoms with Gasteiger partial charge in [-0.1, -0.05) is 30.3 Å². The highest BCUT2D eigenvalue weighted by Crippen LogP contribution is 2.21. The van der Waals surface area contributed by atoms with Gasteiger partial charge in [0.25, 0.3) is 5.91 Å². The first-order chi connectivity index (χ1) is 13.8. The highest BCUT2D eigenvalue weighted by molar-refractivity contribution is 5.93. The third-order valence-electron chi connectivity index (χ3n) is 5.48. The van der Waals surface area contributed by atoms with Crippen LogP contribution in [0.5, 0.6) is 5.75 Å². The Balaban J connectivity index is 1.21. The molecule has 4 rings (SSSR count). The van der Waals surface area contributed by atoms with Crippen LogP contribution in [0.25, 0.3) is 0 Å². The van der Waals surface area contributed by atoms with Crippen LogP contribution >= 0.6 is 0 Å². The fourth-order valence-electron chi connectivity index (χ4n) is 3.80. The monoisotopic (exact) mass is 380 g/mol. The van der Waals surface area contributed by atoms with Crippen molar-refractivity contribution in [1.82, 2.24) is 9.96 Å². The minimum atomic E-state index is -0.0734. The minimum absolute atomic E-state index is 0.0734. The predicted octanol–water partition coefficient (Wildman–Crippen LogP) is 3.55. The van der Waals surface area contributed by atoms with Gasteiger partial charge < -0.3 is 9.64 Å². The molecule has 1 amide bonds. The first-order valence-electron chi connectivity index (χ1n) is 10.3. The summed E-state index contributed by atoms with van der Waals surface area (Å²) in [6.45, 7) is 4.53. The number of ether oxygens (including phenoxy) is 1. The van der Waals surface area contributed by atoms with Gasteiger partial charge in [0.2, 0.25) is 0 Å². The molecule has 0 atom stereocenters. The number of nitrogens with zero attached hydrogens (tertiary/aromatic N) is 2. The zero-order chi connectivity index (χ0) is 19.2. The molecule has 0 spiro atoms. The smallest absolute Gasteiger partial charge is 0.277 e. The Bertz CT molecular complexity index is 749. The molecule has 2 aromatic carbocycles. The molecule has 0 bridgehead atoms. The van der Waals surface area contributed by atoms with E-state index in [0.717, 1.165) is 51.1 Å². The Morgan fingerprint density at radius 3 is 2.43 bits per heavy atom. The molecule has 2 aromatic rings. The van der Waals surface area contributed by atoms with Gasteiger partial charge in [0, 0.05) is 25.2 Å². The van der Waals surface area contributed by atoms with E-state index >= 15 is 0 Å². The second-order valence-electron chi connectivity index (χ2n) is 7.51. The van der Waals surface area contributed by atoms with Gasteiger partial charge in [0.15, 0.2) is 0 Å². The van der Waals surface area contributed by atoms with E-state index in [2.05, 4.69) is 35.2 Å². The Kier molecular flexibility index (Phi) is 6.24. The lowest BCUT2D eigenvalue weighted by molar-refractivity contribution is -0.0768. The van der Waals surface area contributed by atoms with Gasteiger partial charge in [-0.3, -0.25) is 9.63 Å². The molecule has 148 valence electrons. The summed E-state index contributed by atoms with van der Waals surface area (Å²) < 4.78 is 6.14. The van der Waals surface area contributed by atoms with Gasteiger partial charge in [-0.2, -0.15) is 0 Å². The number of carbonyl (C=O) groups excluding carboxylic acids is 1. The van der Waals surface area contributed by atoms with Gasteiger partial charge in [-0.15, -0.1) is 0 Å². The van der Waals surface area contributed by atoms with Crippen LogP contribution in [-0.2, 0) is 11.3 Å². The SMILES string of the molecule is O=C(c1ccc(OC2CCN(CCc3ccccc3)CC2)cc1)N1CCCO1. The largest absolute Gasteiger partial charge is 0.490 e. The Morgan fingerprint density at radius 2 is 1.75 bits per heavy atom. The maximum Gasteiger partial charge on any atom is 0.277 e. The summed E-state index contributed by atoms with van der Waals surface area (Å²) in [7, 11) is 0. The molecule has 0 aromatic heterocycles. The number of hydrogen-bond acceptors (Lipinski definition) is 4. The predicted molar refractivity (Wildman–Crippen MR) is 108 cm³/mol. The Hall–Kier alpha value is -2.37. The van der Waals surface area contributed by atoms with Crippen LogP contribution in [0, 0.1) is 0 Å². The van der Waals surface area contributed by atoms with Crippen LogP contribution < -0.4 is 4.74 Å². The lowest BCUT2D eigenvalue weighted by Gasteiger charge is -2.32. The number of hydroxylamine groups is 2. The number of likely N-dealkylation sites (tertiary alicyclic amines) is 1. The molecule has 0 saturated carbocycles. The third-order valence-corrected chi connectivity index (χ3v) is 5.48. The van der Waals surface area contributed by atoms with Crippen LogP contribution in [0.15, 0.2) is 54.6 Å². The van der Waals surface area contributed by atoms with Gasteiger partial charge >= 0.3 is 0 Å². The molecule has 2 aliphatic rings. The molecule has 0 aliphatic carbocycles. The molecule has 2 heterocycles. The average Bonchev–Trinajstić information content (AvgIpc) is 3.29. The van der Waals surface area contributed by atoms with E-state index in [4.69, 9.17) is 9.57 Å². The second kappa shape index (κ2) is 9.22. The molecule has 2 saturated heterocycles. The van der Waals surface area contributed by atoms with Gasteiger partial charge in [-0.05, 0) is 55.5 Å². The van der Waals surface area contributed by atoms with Gasteiger partial charge in [0.05, 0.1) is 13.2 Å². The lowest BCUT2D eigenvalue weighted by Crippen LogP contribution is -2.39. The van der Waals surface area contributed by atoms with E-state index in [0.29, 0.717) is 18.7 Å². The van der Waals surface area contributed by atoms with E-state index in [9.17, 15) is 4.79 Å². The number of amides is 1. The molecule has 0 radical (unpaired) electrons. The number of rotatable bonds is 6. The summed E-state index contributed by atoms with van der Waals surface area (Å²) in [5.74, 6) is 0.761. The van der Waals surface area contributed by atoms with E-state index in [1.807, 2.05) is 24.3 Å². The number of hydrogen-bond donors (Lipinski definition) is 0. The normalized spacial score (nSPS) is 18.4. The first-order valence-corrected chi connectivity index (χ1v) is 10.3. The average molecular weight is 380 g/mol. The topological polar surface area (TPSA) is 42.0 Å². The van der Waals surface area contributed by atoms with Crippen molar-refractivity contribution in [2.45, 2.75) is 31.8 Å². The molecular weight excluding hydrogens is 352 g/mol. The van der Waals surface area contributed by atoms with Crippen LogP contribution in [-0.4, -0.2) is 54.8 Å². The lowest BCUT2D eigenvalue weighted by atomic mass is 10.1. The summed E-state index contributed by atoms with van der Waals surface area (Å²) >= 11 is 0. The van der Waals surface area contributed by atoms with Crippen molar-refractivity contribution >= 4 is 5.91 Å². The number of benzene rings is 2. The van der Waals surface area contributed by atoms with Crippen molar-refractivity contribution in [3.8, 4) is 5.75 Å². The standard InChI is InChI=1S/C23H28N2O3/c26-23(25-14-4-18-27-25)20-7-9-21(10-8-20)28-22-12-16-24(17-13-22)15-11-19-5-2-1-3-6-19/h1-3,5-10,22H,4,11-18H2. The second-order valence-corrected chi connectivity index (χ2v) is 7.51. The van der Waals surface area contributed by atoms with Crippen molar-refractivity contribution in [3.05, 3.63) is 65.7 Å². The fraction of sp³-hybridized carbons (Fsp3) is 0.435. The highest BCUT2D eigenvalue weighted by Gasteiger charge is 2.22. The molecule has 5 nitrogen and oxygen atoms in total. The summed E-state index contributed by atoms with van der Waals surface area (Å²) in [5, 5.41) is 1.45. The van der Waals surface area contributed by atoms with Crippen LogP contribution in [0.3, 0.4) is 0 Å². The van der Waals surface area contributed by atoms with Crippen molar-refractivity contribution in [3.63, 3.8) is 0 Å². The summed E-state index contributed by atoms with van der Waals surface area (Å²) in [5.41, 5.74) is 2.04. The fourth-order valence-corrected chi connectivity index (χ4v) is 3.80. The molecule has 0 unspecified atom stereocenters. The maximum atomic E-state index is 12.3. The molecule has 28 heavy (non-hydrogen) atoms. The van der Waals surface area contributed by atoms with E-state index in [-0.39, 0.29) is 12.0 Å². The van der Waals surface area contributed by atoms with Crippen LogP contribution in [0.1, 0.15) is 35.2 Å². The zero-order valence-corrected chi connectivity index (χ0v) is 16.3. The molecule has 2 fully saturated rings. The molecule has 2 aliphatic heterocycles. The summed E-state index contributed by atoms with van der Waals surface area (Å²) in [4.78, 5) is 20.1. The third kappa shape index (κ3) is 4.91. The van der Waals surface area contributed by atoms with E-state index < -0.39 is 0 Å². The van der Waals surface area contributed by atoms with Crippen molar-refractivity contribution in [1.29, 1.82) is 0 Å². The molecular formula is C23H28N2O3. The Morgan fingerprint density at radius 1 is 1.00 bits per heavy atom. The van der Waals surface area contributed by atoms with E-state index in [1.165, 1.54) is 10.6 Å². The zero-order valence-electron chi connectivity index (χ0n) is 16.3. The number of piperidine rings is 1.